The van der Waals surface area contributed by atoms with Gasteiger partial charge in [-0.25, -0.2) is 0 Å². The Morgan fingerprint density at radius 2 is 2.21 bits per heavy atom. The number of rotatable bonds is 3. The summed E-state index contributed by atoms with van der Waals surface area (Å²) < 4.78 is 4.93. The molecule has 0 saturated carbocycles. The third kappa shape index (κ3) is 2.09. The summed E-state index contributed by atoms with van der Waals surface area (Å²) in [6.07, 6.45) is 0. The highest BCUT2D eigenvalue weighted by Gasteiger charge is 2.13. The first-order chi connectivity index (χ1) is 6.60. The van der Waals surface area contributed by atoms with E-state index in [4.69, 9.17) is 27.8 Å². The minimum absolute atomic E-state index is 0.00882. The molecule has 78 valence electrons. The predicted octanol–water partition coefficient (Wildman–Crippen LogP) is 1.01. The second kappa shape index (κ2) is 4.50. The molecule has 0 amide bonds. The van der Waals surface area contributed by atoms with Crippen molar-refractivity contribution in [2.45, 2.75) is 6.04 Å². The first kappa shape index (κ1) is 11.1. The summed E-state index contributed by atoms with van der Waals surface area (Å²) in [5.41, 5.74) is 11.8. The molecule has 0 spiro atoms. The highest BCUT2D eigenvalue weighted by Crippen LogP contribution is 2.34. The molecule has 0 aliphatic carbocycles. The first-order valence-electron chi connectivity index (χ1n) is 4.12. The van der Waals surface area contributed by atoms with Gasteiger partial charge in [-0.1, -0.05) is 11.6 Å². The Bertz CT molecular complexity index is 331. The zero-order valence-electron chi connectivity index (χ0n) is 7.83. The molecule has 1 aromatic rings. The average molecular weight is 217 g/mol. The lowest BCUT2D eigenvalue weighted by atomic mass is 10.1. The highest BCUT2D eigenvalue weighted by atomic mass is 35.5. The summed E-state index contributed by atoms with van der Waals surface area (Å²) in [6, 6.07) is 2.64. The Morgan fingerprint density at radius 3 is 2.71 bits per heavy atom. The van der Waals surface area contributed by atoms with E-state index in [1.807, 2.05) is 0 Å². The smallest absolute Gasteiger partial charge is 0.160 e. The van der Waals surface area contributed by atoms with E-state index in [9.17, 15) is 5.11 Å². The molecular formula is C9H13ClN2O2. The fourth-order valence-corrected chi connectivity index (χ4v) is 1.43. The van der Waals surface area contributed by atoms with Crippen LogP contribution >= 0.6 is 11.6 Å². The Kier molecular flexibility index (Phi) is 3.57. The van der Waals surface area contributed by atoms with E-state index in [1.165, 1.54) is 13.2 Å². The van der Waals surface area contributed by atoms with Crippen LogP contribution in [0.15, 0.2) is 12.1 Å². The molecule has 0 heterocycles. The van der Waals surface area contributed by atoms with Crippen LogP contribution in [0.2, 0.25) is 5.02 Å². The average Bonchev–Trinajstić information content (AvgIpc) is 2.17. The molecule has 0 unspecified atom stereocenters. The van der Waals surface area contributed by atoms with Crippen LogP contribution in [-0.2, 0) is 0 Å². The Balaban J connectivity index is 3.17. The molecule has 0 fully saturated rings. The maximum atomic E-state index is 9.39. The third-order valence-corrected chi connectivity index (χ3v) is 2.28. The van der Waals surface area contributed by atoms with Crippen molar-refractivity contribution in [2.24, 2.45) is 11.5 Å². The van der Waals surface area contributed by atoms with Crippen LogP contribution in [0, 0.1) is 0 Å². The number of benzene rings is 1. The molecule has 0 bridgehead atoms. The molecule has 1 rings (SSSR count). The molecule has 1 aromatic carbocycles. The molecule has 0 aliphatic heterocycles. The van der Waals surface area contributed by atoms with Crippen molar-refractivity contribution in [3.8, 4) is 11.5 Å². The Morgan fingerprint density at radius 1 is 1.57 bits per heavy atom. The van der Waals surface area contributed by atoms with Gasteiger partial charge in [0, 0.05) is 23.7 Å². The zero-order chi connectivity index (χ0) is 10.7. The molecule has 1 atom stereocenters. The number of nitrogens with two attached hydrogens (primary N) is 2. The SMILES string of the molecule is COc1cc([C@@H](N)CN)c(Cl)cc1O. The van der Waals surface area contributed by atoms with Gasteiger partial charge in [0.1, 0.15) is 0 Å². The second-order valence-corrected chi connectivity index (χ2v) is 3.29. The summed E-state index contributed by atoms with van der Waals surface area (Å²) in [5.74, 6) is 0.332. The number of phenols is 1. The lowest BCUT2D eigenvalue weighted by Crippen LogP contribution is -2.21. The predicted molar refractivity (Wildman–Crippen MR) is 55.7 cm³/mol. The summed E-state index contributed by atoms with van der Waals surface area (Å²) in [5, 5.41) is 9.78. The van der Waals surface area contributed by atoms with Crippen LogP contribution in [-0.4, -0.2) is 18.8 Å². The van der Waals surface area contributed by atoms with Gasteiger partial charge in [-0.3, -0.25) is 0 Å². The number of hydrogen-bond acceptors (Lipinski definition) is 4. The molecule has 4 nitrogen and oxygen atoms in total. The quantitative estimate of drug-likeness (QED) is 0.705. The van der Waals surface area contributed by atoms with Crippen molar-refractivity contribution in [1.82, 2.24) is 0 Å². The number of hydrogen-bond donors (Lipinski definition) is 3. The molecule has 0 aliphatic rings. The Hall–Kier alpha value is -0.970. The lowest BCUT2D eigenvalue weighted by molar-refractivity contribution is 0.372. The van der Waals surface area contributed by atoms with E-state index >= 15 is 0 Å². The van der Waals surface area contributed by atoms with Crippen molar-refractivity contribution < 1.29 is 9.84 Å². The normalized spacial score (nSPS) is 12.6. The molecule has 14 heavy (non-hydrogen) atoms. The minimum atomic E-state index is -0.350. The maximum Gasteiger partial charge on any atom is 0.160 e. The lowest BCUT2D eigenvalue weighted by Gasteiger charge is -2.13. The summed E-state index contributed by atoms with van der Waals surface area (Å²) in [6.45, 7) is 0.285. The van der Waals surface area contributed by atoms with Crippen molar-refractivity contribution in [2.75, 3.05) is 13.7 Å². The Labute approximate surface area is 87.4 Å². The van der Waals surface area contributed by atoms with E-state index in [-0.39, 0.29) is 18.3 Å². The van der Waals surface area contributed by atoms with Crippen LogP contribution in [0.25, 0.3) is 0 Å². The fourth-order valence-electron chi connectivity index (χ4n) is 1.13. The minimum Gasteiger partial charge on any atom is -0.504 e. The van der Waals surface area contributed by atoms with Crippen LogP contribution in [0.1, 0.15) is 11.6 Å². The fraction of sp³-hybridized carbons (Fsp3) is 0.333. The van der Waals surface area contributed by atoms with Gasteiger partial charge in [0.2, 0.25) is 0 Å². The van der Waals surface area contributed by atoms with Crippen LogP contribution in [0.4, 0.5) is 0 Å². The van der Waals surface area contributed by atoms with Gasteiger partial charge in [0.25, 0.3) is 0 Å². The van der Waals surface area contributed by atoms with Crippen molar-refractivity contribution in [3.63, 3.8) is 0 Å². The first-order valence-corrected chi connectivity index (χ1v) is 4.50. The van der Waals surface area contributed by atoms with E-state index in [1.54, 1.807) is 6.07 Å². The molecule has 5 heteroatoms. The van der Waals surface area contributed by atoms with Crippen LogP contribution < -0.4 is 16.2 Å². The zero-order valence-corrected chi connectivity index (χ0v) is 8.58. The molecular weight excluding hydrogens is 204 g/mol. The third-order valence-electron chi connectivity index (χ3n) is 1.95. The summed E-state index contributed by atoms with van der Waals surface area (Å²) >= 11 is 5.88. The molecule has 0 radical (unpaired) electrons. The van der Waals surface area contributed by atoms with Gasteiger partial charge < -0.3 is 21.3 Å². The number of ether oxygens (including phenoxy) is 1. The van der Waals surface area contributed by atoms with Gasteiger partial charge >= 0.3 is 0 Å². The molecule has 0 aromatic heterocycles. The van der Waals surface area contributed by atoms with Crippen molar-refractivity contribution in [3.05, 3.63) is 22.7 Å². The van der Waals surface area contributed by atoms with Gasteiger partial charge in [0.05, 0.1) is 7.11 Å². The molecule has 5 N–H and O–H groups in total. The standard InChI is InChI=1S/C9H13ClN2O2/c1-14-9-2-5(7(12)4-11)6(10)3-8(9)13/h2-3,7,13H,4,11-12H2,1H3/t7-/m0/s1. The van der Waals surface area contributed by atoms with Gasteiger partial charge in [0.15, 0.2) is 11.5 Å². The van der Waals surface area contributed by atoms with E-state index in [0.717, 1.165) is 0 Å². The van der Waals surface area contributed by atoms with Gasteiger partial charge in [-0.15, -0.1) is 0 Å². The van der Waals surface area contributed by atoms with Crippen molar-refractivity contribution in [1.29, 1.82) is 0 Å². The van der Waals surface area contributed by atoms with Gasteiger partial charge in [-0.2, -0.15) is 0 Å². The summed E-state index contributed by atoms with van der Waals surface area (Å²) in [7, 11) is 1.46. The van der Waals surface area contributed by atoms with Gasteiger partial charge in [-0.05, 0) is 11.6 Å². The maximum absolute atomic E-state index is 9.39. The van der Waals surface area contributed by atoms with Crippen LogP contribution in [0.5, 0.6) is 11.5 Å². The van der Waals surface area contributed by atoms with Crippen LogP contribution in [0.3, 0.4) is 0 Å². The van der Waals surface area contributed by atoms with E-state index in [2.05, 4.69) is 0 Å². The number of aromatic hydroxyl groups is 1. The number of phenolic OH excluding ortho intramolecular Hbond substituents is 1. The number of halogens is 1. The van der Waals surface area contributed by atoms with Crippen molar-refractivity contribution >= 4 is 11.6 Å². The number of methoxy groups -OCH3 is 1. The molecule has 0 saturated heterocycles. The van der Waals surface area contributed by atoms with E-state index in [0.29, 0.717) is 16.3 Å². The summed E-state index contributed by atoms with van der Waals surface area (Å²) in [4.78, 5) is 0. The second-order valence-electron chi connectivity index (χ2n) is 2.89. The highest BCUT2D eigenvalue weighted by molar-refractivity contribution is 6.31. The van der Waals surface area contributed by atoms with E-state index < -0.39 is 0 Å². The monoisotopic (exact) mass is 216 g/mol. The largest absolute Gasteiger partial charge is 0.504 e. The topological polar surface area (TPSA) is 81.5 Å².